The minimum atomic E-state index is 0.226. The smallest absolute Gasteiger partial charge is 0.127 e. The van der Waals surface area contributed by atoms with Gasteiger partial charge in [0.15, 0.2) is 0 Å². The fraction of sp³-hybridized carbons (Fsp3) is 0.167. The predicted octanol–water partition coefficient (Wildman–Crippen LogP) is 6.30. The van der Waals surface area contributed by atoms with Gasteiger partial charge >= 0.3 is 0 Å². The van der Waals surface area contributed by atoms with Gasteiger partial charge in [0, 0.05) is 11.1 Å². The van der Waals surface area contributed by atoms with Gasteiger partial charge in [-0.2, -0.15) is 0 Å². The van der Waals surface area contributed by atoms with Gasteiger partial charge in [-0.05, 0) is 72.5 Å². The van der Waals surface area contributed by atoms with Crippen LogP contribution < -0.4 is 0 Å². The maximum absolute atomic E-state index is 10.9. The number of hydrogen-bond acceptors (Lipinski definition) is 2. The summed E-state index contributed by atoms with van der Waals surface area (Å²) in [6.07, 6.45) is 0. The zero-order valence-corrected chi connectivity index (χ0v) is 15.5. The van der Waals surface area contributed by atoms with Gasteiger partial charge in [0.1, 0.15) is 11.5 Å². The Labute approximate surface area is 153 Å². The van der Waals surface area contributed by atoms with E-state index in [0.717, 1.165) is 32.7 Å². The van der Waals surface area contributed by atoms with Gasteiger partial charge < -0.3 is 10.2 Å². The number of rotatable bonds is 1. The van der Waals surface area contributed by atoms with Gasteiger partial charge in [0.05, 0.1) is 0 Å². The highest BCUT2D eigenvalue weighted by molar-refractivity contribution is 6.10. The van der Waals surface area contributed by atoms with Crippen LogP contribution in [0.3, 0.4) is 0 Å². The average molecular weight is 342 g/mol. The molecule has 26 heavy (non-hydrogen) atoms. The molecule has 2 heteroatoms. The summed E-state index contributed by atoms with van der Waals surface area (Å²) < 4.78 is 0. The van der Waals surface area contributed by atoms with Crippen molar-refractivity contribution in [1.82, 2.24) is 0 Å². The molecular weight excluding hydrogens is 320 g/mol. The van der Waals surface area contributed by atoms with Crippen molar-refractivity contribution in [2.45, 2.75) is 27.7 Å². The van der Waals surface area contributed by atoms with E-state index in [0.29, 0.717) is 11.1 Å². The summed E-state index contributed by atoms with van der Waals surface area (Å²) in [6, 6.07) is 16.4. The molecule has 2 nitrogen and oxygen atoms in total. The molecule has 0 bridgehead atoms. The van der Waals surface area contributed by atoms with Crippen LogP contribution in [0.2, 0.25) is 0 Å². The number of hydrogen-bond donors (Lipinski definition) is 2. The van der Waals surface area contributed by atoms with Crippen LogP contribution in [0.25, 0.3) is 32.7 Å². The summed E-state index contributed by atoms with van der Waals surface area (Å²) in [5.74, 6) is 0.452. The van der Waals surface area contributed by atoms with Crippen molar-refractivity contribution in [3.63, 3.8) is 0 Å². The fourth-order valence-electron chi connectivity index (χ4n) is 3.82. The molecule has 130 valence electrons. The number of phenolic OH excluding ortho intramolecular Hbond substituents is 2. The predicted molar refractivity (Wildman–Crippen MR) is 109 cm³/mol. The molecule has 0 heterocycles. The van der Waals surface area contributed by atoms with Crippen LogP contribution in [0.5, 0.6) is 11.5 Å². The molecule has 0 radical (unpaired) electrons. The first-order valence-corrected chi connectivity index (χ1v) is 8.83. The van der Waals surface area contributed by atoms with E-state index >= 15 is 0 Å². The summed E-state index contributed by atoms with van der Waals surface area (Å²) >= 11 is 0. The summed E-state index contributed by atoms with van der Waals surface area (Å²) in [7, 11) is 0. The van der Waals surface area contributed by atoms with E-state index in [2.05, 4.69) is 26.0 Å². The molecule has 0 aliphatic heterocycles. The van der Waals surface area contributed by atoms with Gasteiger partial charge in [-0.15, -0.1) is 0 Å². The van der Waals surface area contributed by atoms with Crippen LogP contribution in [0.15, 0.2) is 48.5 Å². The van der Waals surface area contributed by atoms with Crippen molar-refractivity contribution in [3.8, 4) is 22.6 Å². The quantitative estimate of drug-likeness (QED) is 0.426. The Morgan fingerprint density at radius 2 is 0.923 bits per heavy atom. The molecular formula is C24H22O2. The van der Waals surface area contributed by atoms with E-state index in [9.17, 15) is 10.2 Å². The molecule has 0 atom stereocenters. The van der Waals surface area contributed by atoms with Crippen LogP contribution in [0, 0.1) is 27.7 Å². The van der Waals surface area contributed by atoms with Crippen molar-refractivity contribution in [1.29, 1.82) is 0 Å². The van der Waals surface area contributed by atoms with Crippen LogP contribution in [-0.2, 0) is 0 Å². The molecule has 2 N–H and O–H groups in total. The zero-order valence-electron chi connectivity index (χ0n) is 15.5. The highest BCUT2D eigenvalue weighted by atomic mass is 16.3. The highest BCUT2D eigenvalue weighted by Crippen LogP contribution is 2.47. The Hall–Kier alpha value is -3.00. The maximum Gasteiger partial charge on any atom is 0.127 e. The molecule has 0 saturated heterocycles. The molecule has 0 aliphatic carbocycles. The SMILES string of the molecule is Cc1ccc2c(-c3c(O)c(C)cc4cc(C)ccc34)c(O)c(C)cc2c1. The lowest BCUT2D eigenvalue weighted by molar-refractivity contribution is 0.466. The van der Waals surface area contributed by atoms with Crippen LogP contribution in [0.1, 0.15) is 22.3 Å². The first-order chi connectivity index (χ1) is 12.4. The minimum absolute atomic E-state index is 0.226. The van der Waals surface area contributed by atoms with Gasteiger partial charge in [0.25, 0.3) is 0 Å². The second-order valence-corrected chi connectivity index (χ2v) is 7.28. The molecule has 0 saturated carbocycles. The lowest BCUT2D eigenvalue weighted by Gasteiger charge is -2.17. The van der Waals surface area contributed by atoms with Crippen LogP contribution >= 0.6 is 0 Å². The largest absolute Gasteiger partial charge is 0.507 e. The Balaban J connectivity index is 2.24. The third-order valence-corrected chi connectivity index (χ3v) is 5.17. The second kappa shape index (κ2) is 5.77. The maximum atomic E-state index is 10.9. The number of benzene rings is 4. The Morgan fingerprint density at radius 1 is 0.538 bits per heavy atom. The highest BCUT2D eigenvalue weighted by Gasteiger charge is 2.20. The van der Waals surface area contributed by atoms with Crippen molar-refractivity contribution in [3.05, 3.63) is 70.8 Å². The number of fused-ring (bicyclic) bond motifs is 2. The monoisotopic (exact) mass is 342 g/mol. The first-order valence-electron chi connectivity index (χ1n) is 8.83. The lowest BCUT2D eigenvalue weighted by Crippen LogP contribution is -1.92. The fourth-order valence-corrected chi connectivity index (χ4v) is 3.82. The first kappa shape index (κ1) is 16.5. The number of aromatic hydroxyl groups is 2. The molecule has 4 aromatic carbocycles. The molecule has 4 aromatic rings. The summed E-state index contributed by atoms with van der Waals surface area (Å²) in [6.45, 7) is 7.92. The van der Waals surface area contributed by atoms with Gasteiger partial charge in [-0.1, -0.05) is 47.5 Å². The Bertz CT molecular complexity index is 1090. The van der Waals surface area contributed by atoms with Crippen molar-refractivity contribution in [2.24, 2.45) is 0 Å². The topological polar surface area (TPSA) is 40.5 Å². The van der Waals surface area contributed by atoms with Crippen molar-refractivity contribution < 1.29 is 10.2 Å². The summed E-state index contributed by atoms with van der Waals surface area (Å²) in [5.41, 5.74) is 5.36. The van der Waals surface area contributed by atoms with Gasteiger partial charge in [-0.25, -0.2) is 0 Å². The van der Waals surface area contributed by atoms with Gasteiger partial charge in [0.2, 0.25) is 0 Å². The average Bonchev–Trinajstić information content (AvgIpc) is 2.58. The third kappa shape index (κ3) is 2.41. The van der Waals surface area contributed by atoms with Crippen molar-refractivity contribution in [2.75, 3.05) is 0 Å². The molecule has 0 spiro atoms. The van der Waals surface area contributed by atoms with Crippen LogP contribution in [-0.4, -0.2) is 10.2 Å². The second-order valence-electron chi connectivity index (χ2n) is 7.28. The van der Waals surface area contributed by atoms with E-state index in [1.54, 1.807) is 0 Å². The normalized spacial score (nSPS) is 11.4. The van der Waals surface area contributed by atoms with Crippen LogP contribution in [0.4, 0.5) is 0 Å². The number of aryl methyl sites for hydroxylation is 4. The van der Waals surface area contributed by atoms with E-state index < -0.39 is 0 Å². The van der Waals surface area contributed by atoms with Crippen molar-refractivity contribution >= 4 is 21.5 Å². The molecule has 0 fully saturated rings. The van der Waals surface area contributed by atoms with E-state index in [4.69, 9.17) is 0 Å². The molecule has 0 unspecified atom stereocenters. The standard InChI is InChI=1S/C24H22O2/c1-13-5-7-19-17(9-13)11-15(3)23(25)21(19)22-20-8-6-14(2)10-18(20)12-16(4)24(22)26/h5-12,25-26H,1-4H3. The number of phenols is 2. The summed E-state index contributed by atoms with van der Waals surface area (Å²) in [4.78, 5) is 0. The minimum Gasteiger partial charge on any atom is -0.507 e. The molecule has 0 aromatic heterocycles. The van der Waals surface area contributed by atoms with E-state index in [-0.39, 0.29) is 11.5 Å². The lowest BCUT2D eigenvalue weighted by atomic mass is 9.88. The van der Waals surface area contributed by atoms with E-state index in [1.165, 1.54) is 11.1 Å². The Morgan fingerprint density at radius 3 is 1.31 bits per heavy atom. The third-order valence-electron chi connectivity index (χ3n) is 5.17. The molecule has 4 rings (SSSR count). The van der Waals surface area contributed by atoms with E-state index in [1.807, 2.05) is 50.2 Å². The molecule has 0 aliphatic rings. The molecule has 0 amide bonds. The Kier molecular flexibility index (Phi) is 3.66. The zero-order chi connectivity index (χ0) is 18.6. The van der Waals surface area contributed by atoms with Gasteiger partial charge in [-0.3, -0.25) is 0 Å². The summed E-state index contributed by atoms with van der Waals surface area (Å²) in [5, 5.41) is 25.9.